The summed E-state index contributed by atoms with van der Waals surface area (Å²) in [7, 11) is 1.96. The molecule has 1 unspecified atom stereocenters. The summed E-state index contributed by atoms with van der Waals surface area (Å²) >= 11 is 0. The van der Waals surface area contributed by atoms with Gasteiger partial charge in [-0.15, -0.1) is 11.8 Å². The molecule has 1 rings (SSSR count). The highest BCUT2D eigenvalue weighted by Gasteiger charge is 2.05. The minimum atomic E-state index is 0.362. The van der Waals surface area contributed by atoms with Crippen LogP contribution >= 0.6 is 0 Å². The third-order valence-corrected chi connectivity index (χ3v) is 2.40. The maximum absolute atomic E-state index is 5.68. The van der Waals surface area contributed by atoms with Gasteiger partial charge in [0.05, 0.1) is 0 Å². The second-order valence-corrected chi connectivity index (χ2v) is 3.58. The van der Waals surface area contributed by atoms with Crippen LogP contribution in [0.5, 0.6) is 5.75 Å². The number of benzene rings is 1. The van der Waals surface area contributed by atoms with Gasteiger partial charge in [0.15, 0.2) is 0 Å². The van der Waals surface area contributed by atoms with Crippen LogP contribution in [0.4, 0.5) is 0 Å². The van der Waals surface area contributed by atoms with E-state index in [1.165, 1.54) is 0 Å². The van der Waals surface area contributed by atoms with Crippen molar-refractivity contribution < 1.29 is 4.74 Å². The van der Waals surface area contributed by atoms with Crippen LogP contribution in [-0.4, -0.2) is 19.7 Å². The van der Waals surface area contributed by atoms with Gasteiger partial charge in [0, 0.05) is 12.5 Å². The average molecular weight is 217 g/mol. The molecule has 1 atom stereocenters. The third kappa shape index (κ3) is 4.86. The Hall–Kier alpha value is -1.46. The van der Waals surface area contributed by atoms with E-state index < -0.39 is 0 Å². The second kappa shape index (κ2) is 7.78. The zero-order valence-electron chi connectivity index (χ0n) is 9.99. The second-order valence-electron chi connectivity index (χ2n) is 3.58. The van der Waals surface area contributed by atoms with Crippen LogP contribution in [0.2, 0.25) is 0 Å². The Kier molecular flexibility index (Phi) is 6.13. The Morgan fingerprint density at radius 3 is 2.69 bits per heavy atom. The fourth-order valence-electron chi connectivity index (χ4n) is 1.40. The molecule has 0 aliphatic carbocycles. The summed E-state index contributed by atoms with van der Waals surface area (Å²) in [4.78, 5) is 0. The van der Waals surface area contributed by atoms with Gasteiger partial charge in [-0.25, -0.2) is 0 Å². The van der Waals surface area contributed by atoms with Gasteiger partial charge >= 0.3 is 0 Å². The molecule has 1 N–H and O–H groups in total. The quantitative estimate of drug-likeness (QED) is 0.739. The zero-order chi connectivity index (χ0) is 11.6. The molecule has 1 aromatic carbocycles. The molecule has 0 heterocycles. The van der Waals surface area contributed by atoms with Crippen LogP contribution in [0.15, 0.2) is 30.3 Å². The molecule has 0 amide bonds. The summed E-state index contributed by atoms with van der Waals surface area (Å²) in [5.41, 5.74) is 0. The van der Waals surface area contributed by atoms with E-state index in [1.54, 1.807) is 0 Å². The SMILES string of the molecule is CC#CCCC(COc1ccccc1)NC. The van der Waals surface area contributed by atoms with Gasteiger partial charge < -0.3 is 10.1 Å². The number of hydrogen-bond acceptors (Lipinski definition) is 2. The van der Waals surface area contributed by atoms with Crippen molar-refractivity contribution in [2.45, 2.75) is 25.8 Å². The van der Waals surface area contributed by atoms with E-state index in [4.69, 9.17) is 4.74 Å². The molecule has 2 nitrogen and oxygen atoms in total. The normalized spacial score (nSPS) is 11.4. The van der Waals surface area contributed by atoms with Crippen molar-refractivity contribution >= 4 is 0 Å². The molecule has 0 aliphatic rings. The van der Waals surface area contributed by atoms with Gasteiger partial charge in [0.1, 0.15) is 12.4 Å². The van der Waals surface area contributed by atoms with Gasteiger partial charge in [-0.2, -0.15) is 0 Å². The maximum atomic E-state index is 5.68. The zero-order valence-corrected chi connectivity index (χ0v) is 9.99. The summed E-state index contributed by atoms with van der Waals surface area (Å²) in [6, 6.07) is 10.2. The van der Waals surface area contributed by atoms with Crippen molar-refractivity contribution in [3.05, 3.63) is 30.3 Å². The van der Waals surface area contributed by atoms with Gasteiger partial charge in [-0.3, -0.25) is 0 Å². The van der Waals surface area contributed by atoms with Crippen LogP contribution in [0.25, 0.3) is 0 Å². The molecule has 0 fully saturated rings. The number of ether oxygens (including phenoxy) is 1. The molecule has 16 heavy (non-hydrogen) atoms. The highest BCUT2D eigenvalue weighted by Crippen LogP contribution is 2.09. The van der Waals surface area contributed by atoms with E-state index in [2.05, 4.69) is 17.2 Å². The maximum Gasteiger partial charge on any atom is 0.119 e. The van der Waals surface area contributed by atoms with Crippen molar-refractivity contribution in [1.29, 1.82) is 0 Å². The minimum Gasteiger partial charge on any atom is -0.492 e. The van der Waals surface area contributed by atoms with Crippen molar-refractivity contribution in [2.24, 2.45) is 0 Å². The number of likely N-dealkylation sites (N-methyl/N-ethyl adjacent to an activating group) is 1. The Balaban J connectivity index is 2.30. The molecule has 0 aromatic heterocycles. The average Bonchev–Trinajstić information content (AvgIpc) is 2.35. The lowest BCUT2D eigenvalue weighted by molar-refractivity contribution is 0.264. The summed E-state index contributed by atoms with van der Waals surface area (Å²) in [6.07, 6.45) is 1.93. The standard InChI is InChI=1S/C14H19NO/c1-3-4-6-9-13(15-2)12-16-14-10-7-5-8-11-14/h5,7-8,10-11,13,15H,6,9,12H2,1-2H3. The molecule has 86 valence electrons. The summed E-state index contributed by atoms with van der Waals surface area (Å²) in [5, 5.41) is 3.24. The molecule has 0 spiro atoms. The van der Waals surface area contributed by atoms with E-state index in [-0.39, 0.29) is 0 Å². The molecular formula is C14H19NO. The molecule has 0 radical (unpaired) electrons. The summed E-state index contributed by atoms with van der Waals surface area (Å²) < 4.78 is 5.68. The van der Waals surface area contributed by atoms with E-state index in [9.17, 15) is 0 Å². The molecule has 2 heteroatoms. The highest BCUT2D eigenvalue weighted by molar-refractivity contribution is 5.20. The lowest BCUT2D eigenvalue weighted by Crippen LogP contribution is -2.31. The van der Waals surface area contributed by atoms with Crippen molar-refractivity contribution in [1.82, 2.24) is 5.32 Å². The van der Waals surface area contributed by atoms with Gasteiger partial charge in [-0.1, -0.05) is 18.2 Å². The Labute approximate surface area is 98.0 Å². The minimum absolute atomic E-state index is 0.362. The van der Waals surface area contributed by atoms with Crippen LogP contribution in [0, 0.1) is 11.8 Å². The third-order valence-electron chi connectivity index (χ3n) is 2.40. The fraction of sp³-hybridized carbons (Fsp3) is 0.429. The smallest absolute Gasteiger partial charge is 0.119 e. The molecule has 0 saturated heterocycles. The first-order valence-corrected chi connectivity index (χ1v) is 5.61. The predicted molar refractivity (Wildman–Crippen MR) is 67.5 cm³/mol. The first kappa shape index (κ1) is 12.6. The van der Waals surface area contributed by atoms with E-state index >= 15 is 0 Å². The number of rotatable bonds is 6. The van der Waals surface area contributed by atoms with Crippen LogP contribution in [0.3, 0.4) is 0 Å². The molecular weight excluding hydrogens is 198 g/mol. The fourth-order valence-corrected chi connectivity index (χ4v) is 1.40. The van der Waals surface area contributed by atoms with E-state index in [1.807, 2.05) is 44.3 Å². The Morgan fingerprint density at radius 2 is 2.06 bits per heavy atom. The first-order valence-electron chi connectivity index (χ1n) is 5.61. The lowest BCUT2D eigenvalue weighted by atomic mass is 10.2. The molecule has 1 aromatic rings. The lowest BCUT2D eigenvalue weighted by Gasteiger charge is -2.15. The molecule has 0 saturated carbocycles. The van der Waals surface area contributed by atoms with Crippen molar-refractivity contribution in [2.75, 3.05) is 13.7 Å². The highest BCUT2D eigenvalue weighted by atomic mass is 16.5. The Bertz CT molecular complexity index is 337. The number of hydrogen-bond donors (Lipinski definition) is 1. The van der Waals surface area contributed by atoms with Gasteiger partial charge in [0.2, 0.25) is 0 Å². The van der Waals surface area contributed by atoms with Crippen molar-refractivity contribution in [3.63, 3.8) is 0 Å². The van der Waals surface area contributed by atoms with Crippen LogP contribution in [-0.2, 0) is 0 Å². The monoisotopic (exact) mass is 217 g/mol. The molecule has 0 bridgehead atoms. The van der Waals surface area contributed by atoms with E-state index in [0.29, 0.717) is 12.6 Å². The van der Waals surface area contributed by atoms with Crippen LogP contribution in [0.1, 0.15) is 19.8 Å². The summed E-state index contributed by atoms with van der Waals surface area (Å²) in [5.74, 6) is 6.89. The largest absolute Gasteiger partial charge is 0.492 e. The number of para-hydroxylation sites is 1. The van der Waals surface area contributed by atoms with Crippen molar-refractivity contribution in [3.8, 4) is 17.6 Å². The first-order chi connectivity index (χ1) is 7.86. The van der Waals surface area contributed by atoms with Gasteiger partial charge in [0.25, 0.3) is 0 Å². The van der Waals surface area contributed by atoms with Gasteiger partial charge in [-0.05, 0) is 32.5 Å². The topological polar surface area (TPSA) is 21.3 Å². The van der Waals surface area contributed by atoms with Crippen LogP contribution < -0.4 is 10.1 Å². The van der Waals surface area contributed by atoms with E-state index in [0.717, 1.165) is 18.6 Å². The Morgan fingerprint density at radius 1 is 1.31 bits per heavy atom. The molecule has 0 aliphatic heterocycles. The predicted octanol–water partition coefficient (Wildman–Crippen LogP) is 2.46. The number of nitrogens with one attached hydrogen (secondary N) is 1. The summed E-state index contributed by atoms with van der Waals surface area (Å²) in [6.45, 7) is 2.56.